The first-order chi connectivity index (χ1) is 15.4. The Kier molecular flexibility index (Phi) is 6.39. The van der Waals surface area contributed by atoms with Crippen LogP contribution in [0.15, 0.2) is 42.9 Å². The third-order valence-electron chi connectivity index (χ3n) is 5.82. The maximum Gasteiger partial charge on any atom is 0.226 e. The largest absolute Gasteiger partial charge is 0.493 e. The second-order valence-corrected chi connectivity index (χ2v) is 8.46. The van der Waals surface area contributed by atoms with Crippen LogP contribution in [0.4, 0.5) is 5.95 Å². The van der Waals surface area contributed by atoms with Gasteiger partial charge in [-0.2, -0.15) is 5.10 Å². The summed E-state index contributed by atoms with van der Waals surface area (Å²) in [6.45, 7) is 3.76. The van der Waals surface area contributed by atoms with E-state index >= 15 is 0 Å². The van der Waals surface area contributed by atoms with E-state index in [1.54, 1.807) is 4.68 Å². The molecule has 1 aliphatic rings. The van der Waals surface area contributed by atoms with E-state index < -0.39 is 0 Å². The predicted molar refractivity (Wildman–Crippen MR) is 124 cm³/mol. The van der Waals surface area contributed by atoms with E-state index in [4.69, 9.17) is 9.72 Å². The smallest absolute Gasteiger partial charge is 0.226 e. The van der Waals surface area contributed by atoms with Gasteiger partial charge in [0.1, 0.15) is 5.75 Å². The maximum atomic E-state index is 12.8. The summed E-state index contributed by atoms with van der Waals surface area (Å²) in [6.07, 6.45) is 6.91. The summed E-state index contributed by atoms with van der Waals surface area (Å²) < 4.78 is 7.59. The number of benzene rings is 1. The van der Waals surface area contributed by atoms with Crippen molar-refractivity contribution in [1.29, 1.82) is 0 Å². The third-order valence-corrected chi connectivity index (χ3v) is 5.82. The fraction of sp³-hybridized carbons (Fsp3) is 0.417. The third kappa shape index (κ3) is 4.74. The molecule has 0 bridgehead atoms. The van der Waals surface area contributed by atoms with Gasteiger partial charge in [-0.1, -0.05) is 18.2 Å². The molecule has 0 N–H and O–H groups in total. The molecule has 32 heavy (non-hydrogen) atoms. The zero-order valence-electron chi connectivity index (χ0n) is 19.2. The Bertz CT molecular complexity index is 1090. The molecule has 1 fully saturated rings. The number of nitrogens with zero attached hydrogens (tertiary/aromatic N) is 6. The number of amides is 1. The quantitative estimate of drug-likeness (QED) is 0.569. The number of aromatic nitrogens is 4. The van der Waals surface area contributed by atoms with E-state index in [0.717, 1.165) is 41.1 Å². The molecule has 1 aromatic carbocycles. The summed E-state index contributed by atoms with van der Waals surface area (Å²) in [5.41, 5.74) is 4.02. The maximum absolute atomic E-state index is 12.8. The molecular weight excluding hydrogens is 404 g/mol. The number of carbonyl (C=O) groups is 1. The molecule has 4 rings (SSSR count). The number of likely N-dealkylation sites (tertiary alicyclic amines) is 1. The summed E-state index contributed by atoms with van der Waals surface area (Å²) in [5, 5.41) is 4.30. The Morgan fingerprint density at radius 2 is 2.06 bits per heavy atom. The van der Waals surface area contributed by atoms with Gasteiger partial charge in [-0.25, -0.2) is 9.97 Å². The molecule has 3 aromatic rings. The Morgan fingerprint density at radius 3 is 2.78 bits per heavy atom. The zero-order chi connectivity index (χ0) is 22.7. The molecule has 1 saturated heterocycles. The SMILES string of the molecule is Cc1ccccc1OCCC(=O)N1CC[C@@H](c2nc(N(C)C)ncc2-c2cnn(C)c2)C1. The molecule has 1 atom stereocenters. The van der Waals surface area contributed by atoms with E-state index in [9.17, 15) is 4.79 Å². The Balaban J connectivity index is 1.44. The topological polar surface area (TPSA) is 76.4 Å². The van der Waals surface area contributed by atoms with Crippen molar-refractivity contribution < 1.29 is 9.53 Å². The Labute approximate surface area is 188 Å². The van der Waals surface area contributed by atoms with Crippen molar-refractivity contribution in [2.45, 2.75) is 25.7 Å². The first kappa shape index (κ1) is 21.8. The highest BCUT2D eigenvalue weighted by atomic mass is 16.5. The van der Waals surface area contributed by atoms with Crippen molar-refractivity contribution in [1.82, 2.24) is 24.6 Å². The van der Waals surface area contributed by atoms with Gasteiger partial charge in [0, 0.05) is 63.7 Å². The molecule has 1 aliphatic heterocycles. The van der Waals surface area contributed by atoms with Gasteiger partial charge in [-0.3, -0.25) is 9.48 Å². The van der Waals surface area contributed by atoms with Gasteiger partial charge in [0.05, 0.1) is 24.9 Å². The molecule has 0 saturated carbocycles. The Hall–Kier alpha value is -3.42. The van der Waals surface area contributed by atoms with Crippen molar-refractivity contribution in [2.24, 2.45) is 7.05 Å². The molecule has 0 radical (unpaired) electrons. The summed E-state index contributed by atoms with van der Waals surface area (Å²) in [6, 6.07) is 7.86. The van der Waals surface area contributed by atoms with Gasteiger partial charge >= 0.3 is 0 Å². The lowest BCUT2D eigenvalue weighted by Crippen LogP contribution is -2.29. The van der Waals surface area contributed by atoms with Crippen LogP contribution in [0.25, 0.3) is 11.1 Å². The number of hydrogen-bond acceptors (Lipinski definition) is 6. The molecule has 2 aromatic heterocycles. The number of para-hydroxylation sites is 1. The summed E-state index contributed by atoms with van der Waals surface area (Å²) in [5.74, 6) is 1.78. The highest BCUT2D eigenvalue weighted by Crippen LogP contribution is 2.34. The molecule has 0 spiro atoms. The fourth-order valence-electron chi connectivity index (χ4n) is 4.03. The number of anilines is 1. The highest BCUT2D eigenvalue weighted by Gasteiger charge is 2.30. The van der Waals surface area contributed by atoms with Gasteiger partial charge in [-0.05, 0) is 25.0 Å². The molecule has 1 amide bonds. The van der Waals surface area contributed by atoms with Crippen LogP contribution in [0.3, 0.4) is 0 Å². The van der Waals surface area contributed by atoms with E-state index in [0.29, 0.717) is 25.5 Å². The predicted octanol–water partition coefficient (Wildman–Crippen LogP) is 3.04. The lowest BCUT2D eigenvalue weighted by molar-refractivity contribution is -0.130. The lowest BCUT2D eigenvalue weighted by atomic mass is 9.97. The lowest BCUT2D eigenvalue weighted by Gasteiger charge is -2.19. The van der Waals surface area contributed by atoms with Gasteiger partial charge < -0.3 is 14.5 Å². The van der Waals surface area contributed by atoms with E-state index in [2.05, 4.69) is 10.1 Å². The number of aryl methyl sites for hydroxylation is 2. The molecule has 8 heteroatoms. The van der Waals surface area contributed by atoms with Crippen LogP contribution in [0.2, 0.25) is 0 Å². The van der Waals surface area contributed by atoms with Crippen LogP contribution in [-0.4, -0.2) is 64.3 Å². The van der Waals surface area contributed by atoms with Crippen LogP contribution in [-0.2, 0) is 11.8 Å². The fourth-order valence-corrected chi connectivity index (χ4v) is 4.03. The number of hydrogen-bond donors (Lipinski definition) is 0. The zero-order valence-corrected chi connectivity index (χ0v) is 19.2. The first-order valence-corrected chi connectivity index (χ1v) is 10.9. The second kappa shape index (κ2) is 9.38. The van der Waals surface area contributed by atoms with Crippen molar-refractivity contribution in [2.75, 3.05) is 38.7 Å². The first-order valence-electron chi connectivity index (χ1n) is 10.9. The number of rotatable bonds is 7. The highest BCUT2D eigenvalue weighted by molar-refractivity contribution is 5.77. The van der Waals surface area contributed by atoms with Crippen LogP contribution >= 0.6 is 0 Å². The van der Waals surface area contributed by atoms with Crippen molar-refractivity contribution in [3.8, 4) is 16.9 Å². The van der Waals surface area contributed by atoms with Crippen LogP contribution < -0.4 is 9.64 Å². The molecular formula is C24H30N6O2. The normalized spacial score (nSPS) is 15.8. The van der Waals surface area contributed by atoms with Gasteiger partial charge in [-0.15, -0.1) is 0 Å². The molecule has 0 unspecified atom stereocenters. The van der Waals surface area contributed by atoms with E-state index in [1.807, 2.05) is 80.7 Å². The molecule has 8 nitrogen and oxygen atoms in total. The summed E-state index contributed by atoms with van der Waals surface area (Å²) in [7, 11) is 5.76. The minimum Gasteiger partial charge on any atom is -0.493 e. The average Bonchev–Trinajstić information content (AvgIpc) is 3.44. The minimum absolute atomic E-state index is 0.117. The molecule has 0 aliphatic carbocycles. The van der Waals surface area contributed by atoms with Gasteiger partial charge in [0.15, 0.2) is 0 Å². The Morgan fingerprint density at radius 1 is 1.25 bits per heavy atom. The van der Waals surface area contributed by atoms with Crippen LogP contribution in [0, 0.1) is 6.92 Å². The summed E-state index contributed by atoms with van der Waals surface area (Å²) >= 11 is 0. The summed E-state index contributed by atoms with van der Waals surface area (Å²) in [4.78, 5) is 26.0. The molecule has 168 valence electrons. The van der Waals surface area contributed by atoms with Crippen LogP contribution in [0.1, 0.15) is 30.0 Å². The average molecular weight is 435 g/mol. The monoisotopic (exact) mass is 434 g/mol. The molecule has 3 heterocycles. The number of ether oxygens (including phenoxy) is 1. The van der Waals surface area contributed by atoms with E-state index in [-0.39, 0.29) is 11.8 Å². The minimum atomic E-state index is 0.117. The van der Waals surface area contributed by atoms with Crippen molar-refractivity contribution >= 4 is 11.9 Å². The standard InChI is InChI=1S/C24H30N6O2/c1-17-7-5-6-8-21(17)32-12-10-22(31)30-11-9-18(16-30)23-20(19-13-26-29(4)15-19)14-25-24(27-23)28(2)3/h5-8,13-15,18H,9-12,16H2,1-4H3/t18-/m1/s1. The second-order valence-electron chi connectivity index (χ2n) is 8.46. The van der Waals surface area contributed by atoms with E-state index in [1.165, 1.54) is 0 Å². The van der Waals surface area contributed by atoms with Crippen molar-refractivity contribution in [3.63, 3.8) is 0 Å². The number of carbonyl (C=O) groups excluding carboxylic acids is 1. The van der Waals surface area contributed by atoms with Gasteiger partial charge in [0.2, 0.25) is 11.9 Å². The van der Waals surface area contributed by atoms with Crippen molar-refractivity contribution in [3.05, 3.63) is 54.1 Å². The van der Waals surface area contributed by atoms with Crippen LogP contribution in [0.5, 0.6) is 5.75 Å². The van der Waals surface area contributed by atoms with Gasteiger partial charge in [0.25, 0.3) is 0 Å².